The smallest absolute Gasteiger partial charge is 0.307 e. The van der Waals surface area contributed by atoms with E-state index < -0.39 is 6.10 Å². The fourth-order valence-corrected chi connectivity index (χ4v) is 7.44. The van der Waals surface area contributed by atoms with Crippen molar-refractivity contribution < 1.29 is 14.3 Å². The minimum atomic E-state index is -0.859. The highest BCUT2D eigenvalue weighted by molar-refractivity contribution is 9.10. The molecule has 1 aromatic rings. The Morgan fingerprint density at radius 1 is 1.33 bits per heavy atom. The molecule has 4 aliphatic rings. The Kier molecular flexibility index (Phi) is 5.00. The first-order valence-corrected chi connectivity index (χ1v) is 10.7. The van der Waals surface area contributed by atoms with E-state index in [4.69, 9.17) is 16.3 Å². The maximum absolute atomic E-state index is 12.6. The summed E-state index contributed by atoms with van der Waals surface area (Å²) in [5.41, 5.74) is 0.0403. The SMILES string of the molecule is CC(OC(=O)CC12CC3CC(CC(Br)(C3)C1)C2)C(=O)Nc1ccc(Cl)cn1. The van der Waals surface area contributed by atoms with E-state index in [1.165, 1.54) is 25.5 Å². The van der Waals surface area contributed by atoms with Crippen molar-refractivity contribution in [2.75, 3.05) is 5.32 Å². The highest BCUT2D eigenvalue weighted by Gasteiger charge is 2.57. The van der Waals surface area contributed by atoms with Crippen LogP contribution < -0.4 is 5.32 Å². The molecule has 1 amide bonds. The van der Waals surface area contributed by atoms with Gasteiger partial charge in [-0.1, -0.05) is 27.5 Å². The summed E-state index contributed by atoms with van der Waals surface area (Å²) in [7, 11) is 0. The lowest BCUT2D eigenvalue weighted by Crippen LogP contribution is -2.53. The Balaban J connectivity index is 1.34. The minimum absolute atomic E-state index is 0.0403. The van der Waals surface area contributed by atoms with E-state index >= 15 is 0 Å². The number of hydrogen-bond donors (Lipinski definition) is 1. The van der Waals surface area contributed by atoms with Crippen LogP contribution in [0.25, 0.3) is 0 Å². The van der Waals surface area contributed by atoms with Gasteiger partial charge in [0, 0.05) is 10.5 Å². The van der Waals surface area contributed by atoms with Crippen molar-refractivity contribution in [1.29, 1.82) is 0 Å². The summed E-state index contributed by atoms with van der Waals surface area (Å²) in [5.74, 6) is 1.15. The molecule has 1 N–H and O–H groups in total. The Morgan fingerprint density at radius 2 is 2.04 bits per heavy atom. The van der Waals surface area contributed by atoms with Gasteiger partial charge in [-0.2, -0.15) is 0 Å². The molecule has 3 unspecified atom stereocenters. The zero-order valence-corrected chi connectivity index (χ0v) is 17.7. The maximum atomic E-state index is 12.6. The average Bonchev–Trinajstić information content (AvgIpc) is 2.53. The van der Waals surface area contributed by atoms with Crippen molar-refractivity contribution in [1.82, 2.24) is 4.98 Å². The summed E-state index contributed by atoms with van der Waals surface area (Å²) in [4.78, 5) is 28.9. The second-order valence-corrected chi connectivity index (χ2v) is 10.9. The molecule has 0 aromatic carbocycles. The summed E-state index contributed by atoms with van der Waals surface area (Å²) in [6.45, 7) is 1.59. The van der Waals surface area contributed by atoms with Gasteiger partial charge in [-0.15, -0.1) is 0 Å². The molecule has 4 saturated carbocycles. The second-order valence-electron chi connectivity index (χ2n) is 8.77. The quantitative estimate of drug-likeness (QED) is 0.515. The standard InChI is InChI=1S/C20H24BrClN2O3/c1-12(18(26)24-16-3-2-15(22)10-23-16)27-17(25)9-19-5-13-4-14(6-19)8-20(21,7-13)11-19/h2-3,10,12-14H,4-9,11H2,1H3,(H,23,24,26). The summed E-state index contributed by atoms with van der Waals surface area (Å²) in [6.07, 6.45) is 8.03. The van der Waals surface area contributed by atoms with Gasteiger partial charge in [0.15, 0.2) is 6.10 Å². The Labute approximate surface area is 172 Å². The number of amides is 1. The van der Waals surface area contributed by atoms with Crippen molar-refractivity contribution in [3.05, 3.63) is 23.4 Å². The number of ether oxygens (including phenoxy) is 1. The van der Waals surface area contributed by atoms with Crippen LogP contribution in [0.5, 0.6) is 0 Å². The van der Waals surface area contributed by atoms with Crippen LogP contribution in [0.4, 0.5) is 5.82 Å². The molecule has 27 heavy (non-hydrogen) atoms. The molecule has 146 valence electrons. The number of carbonyl (C=O) groups is 2. The number of hydrogen-bond acceptors (Lipinski definition) is 4. The van der Waals surface area contributed by atoms with Gasteiger partial charge in [0.2, 0.25) is 0 Å². The molecule has 4 bridgehead atoms. The van der Waals surface area contributed by atoms with Crippen molar-refractivity contribution in [3.63, 3.8) is 0 Å². The number of anilines is 1. The number of alkyl halides is 1. The number of rotatable bonds is 5. The van der Waals surface area contributed by atoms with E-state index in [1.807, 2.05) is 0 Å². The topological polar surface area (TPSA) is 68.3 Å². The highest BCUT2D eigenvalue weighted by Crippen LogP contribution is 2.65. The largest absolute Gasteiger partial charge is 0.453 e. The predicted molar refractivity (Wildman–Crippen MR) is 107 cm³/mol. The number of carbonyl (C=O) groups excluding carboxylic acids is 2. The van der Waals surface area contributed by atoms with Crippen molar-refractivity contribution in [3.8, 4) is 0 Å². The molecule has 4 aliphatic carbocycles. The molecule has 0 spiro atoms. The number of nitrogens with one attached hydrogen (secondary N) is 1. The zero-order valence-electron chi connectivity index (χ0n) is 15.3. The highest BCUT2D eigenvalue weighted by atomic mass is 79.9. The number of aromatic nitrogens is 1. The molecular weight excluding hydrogens is 432 g/mol. The molecule has 1 heterocycles. The van der Waals surface area contributed by atoms with Crippen LogP contribution >= 0.6 is 27.5 Å². The summed E-state index contributed by atoms with van der Waals surface area (Å²) in [5, 5.41) is 3.14. The fourth-order valence-electron chi connectivity index (χ4n) is 5.82. The normalized spacial score (nSPS) is 34.9. The molecule has 5 nitrogen and oxygen atoms in total. The van der Waals surface area contributed by atoms with E-state index in [9.17, 15) is 9.59 Å². The van der Waals surface area contributed by atoms with Gasteiger partial charge in [0.05, 0.1) is 11.4 Å². The third kappa shape index (κ3) is 4.16. The maximum Gasteiger partial charge on any atom is 0.307 e. The third-order valence-electron chi connectivity index (χ3n) is 6.29. The van der Waals surface area contributed by atoms with Gasteiger partial charge >= 0.3 is 5.97 Å². The Hall–Kier alpha value is -1.14. The first kappa shape index (κ1) is 19.2. The van der Waals surface area contributed by atoms with Gasteiger partial charge in [-0.25, -0.2) is 4.98 Å². The number of pyridine rings is 1. The molecule has 1 aromatic heterocycles. The molecule has 3 atom stereocenters. The third-order valence-corrected chi connectivity index (χ3v) is 7.44. The monoisotopic (exact) mass is 454 g/mol. The lowest BCUT2D eigenvalue weighted by Gasteiger charge is -2.60. The minimum Gasteiger partial charge on any atom is -0.453 e. The molecule has 0 saturated heterocycles. The summed E-state index contributed by atoms with van der Waals surface area (Å²) >= 11 is 9.76. The van der Waals surface area contributed by atoms with Crippen molar-refractivity contribution in [2.24, 2.45) is 17.3 Å². The lowest BCUT2D eigenvalue weighted by atomic mass is 9.49. The molecule has 0 radical (unpaired) electrons. The Morgan fingerprint density at radius 3 is 2.63 bits per heavy atom. The predicted octanol–water partition coefficient (Wildman–Crippen LogP) is 4.73. The first-order valence-electron chi connectivity index (χ1n) is 9.55. The summed E-state index contributed by atoms with van der Waals surface area (Å²) in [6, 6.07) is 3.25. The second kappa shape index (κ2) is 7.03. The zero-order chi connectivity index (χ0) is 19.2. The van der Waals surface area contributed by atoms with Gasteiger partial charge in [0.1, 0.15) is 5.82 Å². The average molecular weight is 456 g/mol. The van der Waals surface area contributed by atoms with Crippen LogP contribution in [0.15, 0.2) is 18.3 Å². The van der Waals surface area contributed by atoms with Crippen LogP contribution in [0, 0.1) is 17.3 Å². The van der Waals surface area contributed by atoms with Crippen molar-refractivity contribution in [2.45, 2.75) is 62.3 Å². The fraction of sp³-hybridized carbons (Fsp3) is 0.650. The van der Waals surface area contributed by atoms with Crippen LogP contribution in [-0.2, 0) is 14.3 Å². The first-order chi connectivity index (χ1) is 12.7. The van der Waals surface area contributed by atoms with Gasteiger partial charge in [0.25, 0.3) is 5.91 Å². The number of esters is 1. The lowest BCUT2D eigenvalue weighted by molar-refractivity contribution is -0.159. The van der Waals surface area contributed by atoms with Gasteiger partial charge in [-0.3, -0.25) is 9.59 Å². The molecule has 4 fully saturated rings. The van der Waals surface area contributed by atoms with Crippen LogP contribution in [0.2, 0.25) is 5.02 Å². The van der Waals surface area contributed by atoms with E-state index in [0.717, 1.165) is 31.1 Å². The van der Waals surface area contributed by atoms with E-state index in [0.29, 0.717) is 17.3 Å². The van der Waals surface area contributed by atoms with Gasteiger partial charge < -0.3 is 10.1 Å². The number of nitrogens with zero attached hydrogens (tertiary/aromatic N) is 1. The Bertz CT molecular complexity index is 740. The van der Waals surface area contributed by atoms with Crippen molar-refractivity contribution >= 4 is 45.2 Å². The summed E-state index contributed by atoms with van der Waals surface area (Å²) < 4.78 is 5.67. The van der Waals surface area contributed by atoms with E-state index in [1.54, 1.807) is 19.1 Å². The van der Waals surface area contributed by atoms with Crippen LogP contribution in [0.1, 0.15) is 51.9 Å². The molecule has 7 heteroatoms. The number of halogens is 2. The molecule has 5 rings (SSSR count). The molecule has 0 aliphatic heterocycles. The van der Waals surface area contributed by atoms with Crippen LogP contribution in [-0.4, -0.2) is 27.3 Å². The van der Waals surface area contributed by atoms with E-state index in [-0.39, 0.29) is 21.6 Å². The molecular formula is C20H24BrClN2O3. The van der Waals surface area contributed by atoms with E-state index in [2.05, 4.69) is 26.2 Å². The van der Waals surface area contributed by atoms with Crippen LogP contribution in [0.3, 0.4) is 0 Å². The van der Waals surface area contributed by atoms with Gasteiger partial charge in [-0.05, 0) is 74.8 Å².